The van der Waals surface area contributed by atoms with Gasteiger partial charge in [0, 0.05) is 23.7 Å². The van der Waals surface area contributed by atoms with Gasteiger partial charge in [-0.1, -0.05) is 109 Å². The number of hydrogen-bond donors (Lipinski definition) is 2. The molecule has 6 aromatic rings. The zero-order valence-electron chi connectivity index (χ0n) is 33.3. The second kappa shape index (κ2) is 17.8. The van der Waals surface area contributed by atoms with Gasteiger partial charge in [0.15, 0.2) is 6.04 Å². The van der Waals surface area contributed by atoms with Gasteiger partial charge in [-0.05, 0) is 73.7 Å². The second-order valence-electron chi connectivity index (χ2n) is 15.1. The molecule has 2 fully saturated rings. The topological polar surface area (TPSA) is 132 Å². The Balaban J connectivity index is 0.932. The highest BCUT2D eigenvalue weighted by atomic mass is 35.5. The van der Waals surface area contributed by atoms with Gasteiger partial charge in [0.1, 0.15) is 17.7 Å². The third-order valence-electron chi connectivity index (χ3n) is 11.3. The van der Waals surface area contributed by atoms with E-state index >= 15 is 0 Å². The molecule has 0 radical (unpaired) electrons. The smallest absolute Gasteiger partial charge is 0.252 e. The molecule has 0 aliphatic carbocycles. The molecule has 2 aliphatic rings. The number of carbonyl (C=O) groups excluding carboxylic acids is 2. The van der Waals surface area contributed by atoms with Crippen LogP contribution in [0.15, 0.2) is 121 Å². The number of hydrogen-bond acceptors (Lipinski definition) is 8. The summed E-state index contributed by atoms with van der Waals surface area (Å²) < 4.78 is 0. The highest BCUT2D eigenvalue weighted by molar-refractivity contribution is 6.31. The van der Waals surface area contributed by atoms with Crippen LogP contribution in [-0.4, -0.2) is 87.1 Å². The van der Waals surface area contributed by atoms with Crippen LogP contribution in [0.2, 0.25) is 5.02 Å². The molecule has 0 spiro atoms. The van der Waals surface area contributed by atoms with E-state index in [2.05, 4.69) is 68.4 Å². The largest absolute Gasteiger partial charge is 0.340 e. The number of benzene rings is 4. The zero-order chi connectivity index (χ0) is 40.9. The van der Waals surface area contributed by atoms with E-state index in [1.165, 1.54) is 7.11 Å². The van der Waals surface area contributed by atoms with E-state index < -0.39 is 6.04 Å². The zero-order valence-corrected chi connectivity index (χ0v) is 34.0. The van der Waals surface area contributed by atoms with Gasteiger partial charge in [0.05, 0.1) is 43.0 Å². The highest BCUT2D eigenvalue weighted by Gasteiger charge is 2.38. The quantitative estimate of drug-likeness (QED) is 0.0516. The average molecular weight is 811 g/mol. The number of aromatic amines is 2. The first kappa shape index (κ1) is 39.7. The van der Waals surface area contributed by atoms with Gasteiger partial charge in [-0.25, -0.2) is 15.0 Å². The molecular formula is C46H47ClN8O4. The summed E-state index contributed by atoms with van der Waals surface area (Å²) in [4.78, 5) is 64.1. The molecule has 2 N–H and O–H groups in total. The molecule has 2 saturated heterocycles. The number of aliphatic imine (C=N–C) groups is 1. The molecule has 2 aliphatic heterocycles. The summed E-state index contributed by atoms with van der Waals surface area (Å²) in [6.07, 6.45) is 8.21. The molecule has 0 saturated carbocycles. The number of aromatic nitrogens is 4. The fourth-order valence-electron chi connectivity index (χ4n) is 8.33. The van der Waals surface area contributed by atoms with Crippen molar-refractivity contribution < 1.29 is 19.4 Å². The molecule has 59 heavy (non-hydrogen) atoms. The lowest BCUT2D eigenvalue weighted by Gasteiger charge is -2.31. The number of imidazole rings is 2. The number of halogens is 1. The third-order valence-corrected chi connectivity index (χ3v) is 11.6. The van der Waals surface area contributed by atoms with Crippen LogP contribution in [0.5, 0.6) is 0 Å². The Morgan fingerprint density at radius 1 is 0.746 bits per heavy atom. The second-order valence-corrected chi connectivity index (χ2v) is 15.5. The molecule has 2 amide bonds. The monoisotopic (exact) mass is 810 g/mol. The molecule has 4 heterocycles. The molecule has 8 rings (SSSR count). The van der Waals surface area contributed by atoms with Crippen LogP contribution in [0.25, 0.3) is 33.6 Å². The predicted octanol–water partition coefficient (Wildman–Crippen LogP) is 8.76. The number of H-pyrrole nitrogens is 2. The van der Waals surface area contributed by atoms with E-state index in [-0.39, 0.29) is 29.9 Å². The van der Waals surface area contributed by atoms with Crippen molar-refractivity contribution in [2.24, 2.45) is 4.99 Å². The van der Waals surface area contributed by atoms with Crippen molar-refractivity contribution in [2.75, 3.05) is 34.3 Å². The Labute approximate surface area is 348 Å². The first-order valence-corrected chi connectivity index (χ1v) is 20.3. The Bertz CT molecular complexity index is 2400. The Morgan fingerprint density at radius 3 is 1.78 bits per heavy atom. The van der Waals surface area contributed by atoms with Crippen molar-refractivity contribution >= 4 is 29.8 Å². The Morgan fingerprint density at radius 2 is 1.25 bits per heavy atom. The summed E-state index contributed by atoms with van der Waals surface area (Å²) in [5.41, 5.74) is 7.53. The van der Waals surface area contributed by atoms with E-state index in [0.29, 0.717) is 23.7 Å². The van der Waals surface area contributed by atoms with E-state index in [1.807, 2.05) is 83.7 Å². The van der Waals surface area contributed by atoms with Crippen LogP contribution in [0, 0.1) is 0 Å². The third kappa shape index (κ3) is 8.43. The van der Waals surface area contributed by atoms with Crippen molar-refractivity contribution in [1.82, 2.24) is 34.6 Å². The molecule has 12 nitrogen and oxygen atoms in total. The minimum atomic E-state index is -0.894. The number of likely N-dealkylation sites (N-methyl/N-ethyl adjacent to an activating group) is 1. The van der Waals surface area contributed by atoms with Gasteiger partial charge in [-0.15, -0.1) is 0 Å². The summed E-state index contributed by atoms with van der Waals surface area (Å²) in [5, 5.41) is 0.446. The molecule has 0 bridgehead atoms. The van der Waals surface area contributed by atoms with Crippen molar-refractivity contribution in [2.45, 2.75) is 49.9 Å². The molecule has 13 heteroatoms. The standard InChI is InChI=1S/C46H47ClN8O4/c1-53(2)42(34-11-5-4-6-12-34)46(57)55-26-10-16-40(55)44-49-28-38(52-44)33-23-19-31(20-24-33)30-17-21-32(22-18-30)37-27-48-43(51-37)39-15-9-25-54(39)45(56)41(50-29-59-58-3)35-13-7-8-14-36(35)47/h4-8,11-14,17-24,27-29,39-42H,9-10,15-16,25-26H2,1-3H3,(H,48,51)(H,49,52)/b50-29-/t39-,40-,41+,42+/m0/s1. The minimum Gasteiger partial charge on any atom is -0.340 e. The normalized spacial score (nSPS) is 17.8. The lowest BCUT2D eigenvalue weighted by Crippen LogP contribution is -2.40. The van der Waals surface area contributed by atoms with Gasteiger partial charge in [0.25, 0.3) is 5.91 Å². The first-order valence-electron chi connectivity index (χ1n) is 19.9. The summed E-state index contributed by atoms with van der Waals surface area (Å²) in [7, 11) is 5.28. The number of likely N-dealkylation sites (tertiary alicyclic amines) is 2. The number of nitrogens with zero attached hydrogens (tertiary/aromatic N) is 6. The fourth-order valence-corrected chi connectivity index (χ4v) is 8.57. The summed E-state index contributed by atoms with van der Waals surface area (Å²) in [6.45, 7) is 1.28. The lowest BCUT2D eigenvalue weighted by molar-refractivity contribution is -0.188. The number of amides is 2. The summed E-state index contributed by atoms with van der Waals surface area (Å²) >= 11 is 6.50. The van der Waals surface area contributed by atoms with E-state index in [4.69, 9.17) is 26.5 Å². The van der Waals surface area contributed by atoms with Crippen LogP contribution in [-0.2, 0) is 19.4 Å². The fraction of sp³-hybridized carbons (Fsp3) is 0.283. The highest BCUT2D eigenvalue weighted by Crippen LogP contribution is 2.38. The van der Waals surface area contributed by atoms with Gasteiger partial charge in [0.2, 0.25) is 12.3 Å². The SMILES string of the molecule is COO/C=N\[C@@H](C(=O)N1CCC[C@H]1c1ncc(-c2ccc(-c3ccc(-c4cnc([C@@H]5CCCN5C(=O)[C@@H](c5ccccc5)N(C)C)[nH]4)cc3)cc2)[nH]1)c1ccccc1Cl. The average Bonchev–Trinajstić information content (AvgIpc) is 4.10. The Kier molecular flexibility index (Phi) is 12.0. The van der Waals surface area contributed by atoms with Crippen molar-refractivity contribution in [3.63, 3.8) is 0 Å². The van der Waals surface area contributed by atoms with Crippen molar-refractivity contribution in [3.05, 3.63) is 143 Å². The van der Waals surface area contributed by atoms with Crippen LogP contribution >= 0.6 is 11.6 Å². The minimum absolute atomic E-state index is 0.0946. The summed E-state index contributed by atoms with van der Waals surface area (Å²) in [5.74, 6) is 1.44. The van der Waals surface area contributed by atoms with Crippen LogP contribution in [0.3, 0.4) is 0 Å². The van der Waals surface area contributed by atoms with E-state index in [0.717, 1.165) is 82.9 Å². The van der Waals surface area contributed by atoms with Crippen LogP contribution in [0.4, 0.5) is 0 Å². The van der Waals surface area contributed by atoms with Gasteiger partial charge in [-0.2, -0.15) is 4.89 Å². The van der Waals surface area contributed by atoms with Crippen LogP contribution < -0.4 is 0 Å². The van der Waals surface area contributed by atoms with Gasteiger partial charge >= 0.3 is 0 Å². The molecule has 4 aromatic carbocycles. The van der Waals surface area contributed by atoms with Crippen LogP contribution in [0.1, 0.15) is 72.6 Å². The van der Waals surface area contributed by atoms with Crippen molar-refractivity contribution in [1.29, 1.82) is 0 Å². The number of carbonyl (C=O) groups is 2. The molecule has 0 unspecified atom stereocenters. The maximum Gasteiger partial charge on any atom is 0.252 e. The van der Waals surface area contributed by atoms with Gasteiger partial charge in [-0.3, -0.25) is 14.5 Å². The van der Waals surface area contributed by atoms with E-state index in [1.54, 1.807) is 12.1 Å². The lowest BCUT2D eigenvalue weighted by atomic mass is 10.0. The van der Waals surface area contributed by atoms with Crippen molar-refractivity contribution in [3.8, 4) is 33.6 Å². The predicted molar refractivity (Wildman–Crippen MR) is 228 cm³/mol. The Hall–Kier alpha value is -6.08. The maximum absolute atomic E-state index is 14.0. The molecule has 4 atom stereocenters. The van der Waals surface area contributed by atoms with Gasteiger partial charge < -0.3 is 24.7 Å². The van der Waals surface area contributed by atoms with E-state index in [9.17, 15) is 9.59 Å². The number of rotatable bonds is 13. The number of nitrogens with one attached hydrogen (secondary N) is 2. The molecule has 302 valence electrons. The molecular weight excluding hydrogens is 764 g/mol. The maximum atomic E-state index is 14.0. The first-order chi connectivity index (χ1) is 28.8. The molecule has 2 aromatic heterocycles. The summed E-state index contributed by atoms with van der Waals surface area (Å²) in [6, 6.07) is 32.3.